The average molecular weight is 299 g/mol. The highest BCUT2D eigenvalue weighted by Crippen LogP contribution is 2.33. The lowest BCUT2D eigenvalue weighted by Crippen LogP contribution is -2.00. The van der Waals surface area contributed by atoms with Crippen molar-refractivity contribution in [3.8, 4) is 10.9 Å². The number of hydrogen-bond acceptors (Lipinski definition) is 4. The molecule has 1 N–H and O–H groups in total. The highest BCUT2D eigenvalue weighted by atomic mass is 32.1. The molecule has 0 bridgehead atoms. The van der Waals surface area contributed by atoms with E-state index < -0.39 is 5.97 Å². The molecule has 3 rings (SSSR count). The molecule has 1 aromatic heterocycles. The Bertz CT molecular complexity index is 819. The van der Waals surface area contributed by atoms with Crippen molar-refractivity contribution < 1.29 is 14.6 Å². The second kappa shape index (κ2) is 5.18. The van der Waals surface area contributed by atoms with Crippen LogP contribution < -0.4 is 4.74 Å². The van der Waals surface area contributed by atoms with E-state index >= 15 is 0 Å². The van der Waals surface area contributed by atoms with Gasteiger partial charge in [0.05, 0.1) is 5.69 Å². The molecule has 0 spiro atoms. The third-order valence-electron chi connectivity index (χ3n) is 3.28. The van der Waals surface area contributed by atoms with Crippen LogP contribution in [0.4, 0.5) is 0 Å². The Kier molecular flexibility index (Phi) is 3.35. The molecule has 0 amide bonds. The summed E-state index contributed by atoms with van der Waals surface area (Å²) in [5.74, 6) is -0.698. The summed E-state index contributed by atoms with van der Waals surface area (Å²) in [5, 5.41) is 11.6. The number of nitrogens with zero attached hydrogens (tertiary/aromatic N) is 1. The number of aryl methyl sites for hydroxylation is 2. The first kappa shape index (κ1) is 13.6. The second-order valence-electron chi connectivity index (χ2n) is 4.72. The van der Waals surface area contributed by atoms with E-state index in [2.05, 4.69) is 4.98 Å². The van der Waals surface area contributed by atoms with Crippen molar-refractivity contribution in [3.63, 3.8) is 0 Å². The van der Waals surface area contributed by atoms with Crippen molar-refractivity contribution in [2.45, 2.75) is 13.8 Å². The van der Waals surface area contributed by atoms with Crippen molar-refractivity contribution in [3.05, 3.63) is 52.5 Å². The molecular formula is C16H13NO3S. The molecule has 2 aromatic carbocycles. The van der Waals surface area contributed by atoms with E-state index in [9.17, 15) is 9.90 Å². The van der Waals surface area contributed by atoms with Gasteiger partial charge in [-0.1, -0.05) is 35.6 Å². The van der Waals surface area contributed by atoms with Crippen molar-refractivity contribution in [1.29, 1.82) is 0 Å². The molecule has 0 atom stereocenters. The maximum atomic E-state index is 11.4. The molecule has 0 radical (unpaired) electrons. The molecular weight excluding hydrogens is 286 g/mol. The van der Waals surface area contributed by atoms with Crippen LogP contribution in [0, 0.1) is 13.8 Å². The van der Waals surface area contributed by atoms with Crippen LogP contribution in [0.5, 0.6) is 10.9 Å². The van der Waals surface area contributed by atoms with Crippen LogP contribution in [0.25, 0.3) is 10.8 Å². The largest absolute Gasteiger partial charge is 0.478 e. The number of aromatic carboxylic acids is 1. The Morgan fingerprint density at radius 3 is 2.43 bits per heavy atom. The van der Waals surface area contributed by atoms with Crippen LogP contribution in [0.3, 0.4) is 0 Å². The summed E-state index contributed by atoms with van der Waals surface area (Å²) in [6.45, 7) is 3.86. The third kappa shape index (κ3) is 2.60. The van der Waals surface area contributed by atoms with Crippen LogP contribution in [-0.2, 0) is 0 Å². The Hall–Kier alpha value is -2.40. The molecule has 1 heterocycles. The number of thiazole rings is 1. The van der Waals surface area contributed by atoms with E-state index in [-0.39, 0.29) is 5.56 Å². The first-order valence-electron chi connectivity index (χ1n) is 6.42. The number of carboxylic acid groups (broad SMARTS) is 1. The molecule has 0 aliphatic rings. The quantitative estimate of drug-likeness (QED) is 0.778. The van der Waals surface area contributed by atoms with E-state index in [0.29, 0.717) is 10.9 Å². The molecule has 3 aromatic rings. The number of carboxylic acids is 1. The maximum Gasteiger partial charge on any atom is 0.339 e. The van der Waals surface area contributed by atoms with Gasteiger partial charge >= 0.3 is 5.97 Å². The molecule has 0 aliphatic carbocycles. The fourth-order valence-corrected chi connectivity index (χ4v) is 2.82. The number of fused-ring (bicyclic) bond motifs is 1. The molecule has 4 nitrogen and oxygen atoms in total. The summed E-state index contributed by atoms with van der Waals surface area (Å²) in [7, 11) is 0. The first-order chi connectivity index (χ1) is 10.0. The van der Waals surface area contributed by atoms with E-state index in [1.54, 1.807) is 12.1 Å². The SMILES string of the molecule is Cc1nc(Oc2cc3ccccc3cc2C(=O)O)sc1C. The highest BCUT2D eigenvalue weighted by molar-refractivity contribution is 7.13. The van der Waals surface area contributed by atoms with Crippen LogP contribution in [-0.4, -0.2) is 16.1 Å². The van der Waals surface area contributed by atoms with Gasteiger partial charge in [-0.25, -0.2) is 9.78 Å². The Morgan fingerprint density at radius 2 is 1.86 bits per heavy atom. The fourth-order valence-electron chi connectivity index (χ4n) is 2.05. The molecule has 21 heavy (non-hydrogen) atoms. The van der Waals surface area contributed by atoms with Gasteiger partial charge in [-0.05, 0) is 36.8 Å². The number of aromatic nitrogens is 1. The fraction of sp³-hybridized carbons (Fsp3) is 0.125. The highest BCUT2D eigenvalue weighted by Gasteiger charge is 2.15. The molecule has 0 unspecified atom stereocenters. The van der Waals surface area contributed by atoms with E-state index in [4.69, 9.17) is 4.74 Å². The van der Waals surface area contributed by atoms with Gasteiger partial charge in [0.25, 0.3) is 5.19 Å². The summed E-state index contributed by atoms with van der Waals surface area (Å²) < 4.78 is 5.71. The van der Waals surface area contributed by atoms with E-state index in [1.807, 2.05) is 38.1 Å². The number of carbonyl (C=O) groups is 1. The van der Waals surface area contributed by atoms with Crippen molar-refractivity contribution in [1.82, 2.24) is 4.98 Å². The van der Waals surface area contributed by atoms with Crippen LogP contribution >= 0.6 is 11.3 Å². The van der Waals surface area contributed by atoms with E-state index in [0.717, 1.165) is 21.3 Å². The molecule has 0 aliphatic heterocycles. The van der Waals surface area contributed by atoms with Crippen molar-refractivity contribution in [2.24, 2.45) is 0 Å². The summed E-state index contributed by atoms with van der Waals surface area (Å²) in [5.41, 5.74) is 1.03. The third-order valence-corrected chi connectivity index (χ3v) is 4.24. The number of benzene rings is 2. The number of rotatable bonds is 3. The summed E-state index contributed by atoms with van der Waals surface area (Å²) in [4.78, 5) is 16.8. The minimum absolute atomic E-state index is 0.138. The zero-order valence-corrected chi connectivity index (χ0v) is 12.4. The van der Waals surface area contributed by atoms with Gasteiger partial charge in [-0.3, -0.25) is 0 Å². The smallest absolute Gasteiger partial charge is 0.339 e. The molecule has 106 valence electrons. The standard InChI is InChI=1S/C16H13NO3S/c1-9-10(2)21-16(17-9)20-14-8-12-6-4-3-5-11(12)7-13(14)15(18)19/h3-8H,1-2H3,(H,18,19). The van der Waals surface area contributed by atoms with Gasteiger partial charge in [0.15, 0.2) is 0 Å². The minimum atomic E-state index is -1.01. The summed E-state index contributed by atoms with van der Waals surface area (Å²) >= 11 is 1.41. The second-order valence-corrected chi connectivity index (χ2v) is 5.89. The zero-order valence-electron chi connectivity index (χ0n) is 11.6. The Labute approximate surface area is 125 Å². The number of ether oxygens (including phenoxy) is 1. The van der Waals surface area contributed by atoms with Crippen LogP contribution in [0.15, 0.2) is 36.4 Å². The zero-order chi connectivity index (χ0) is 15.0. The molecule has 0 saturated heterocycles. The molecule has 0 fully saturated rings. The van der Waals surface area contributed by atoms with E-state index in [1.165, 1.54) is 11.3 Å². The van der Waals surface area contributed by atoms with Gasteiger partial charge in [0.2, 0.25) is 0 Å². The van der Waals surface area contributed by atoms with Crippen LogP contribution in [0.1, 0.15) is 20.9 Å². The van der Waals surface area contributed by atoms with Crippen molar-refractivity contribution >= 4 is 28.1 Å². The van der Waals surface area contributed by atoms with Gasteiger partial charge < -0.3 is 9.84 Å². The van der Waals surface area contributed by atoms with Gasteiger partial charge in [-0.2, -0.15) is 0 Å². The van der Waals surface area contributed by atoms with Gasteiger partial charge in [-0.15, -0.1) is 0 Å². The molecule has 5 heteroatoms. The molecule has 0 saturated carbocycles. The normalized spacial score (nSPS) is 10.8. The minimum Gasteiger partial charge on any atom is -0.478 e. The topological polar surface area (TPSA) is 59.4 Å². The summed E-state index contributed by atoms with van der Waals surface area (Å²) in [6.07, 6.45) is 0. The van der Waals surface area contributed by atoms with Crippen molar-refractivity contribution in [2.75, 3.05) is 0 Å². The summed E-state index contributed by atoms with van der Waals surface area (Å²) in [6, 6.07) is 11.0. The Balaban J connectivity index is 2.11. The first-order valence-corrected chi connectivity index (χ1v) is 7.24. The van der Waals surface area contributed by atoms with Gasteiger partial charge in [0.1, 0.15) is 11.3 Å². The Morgan fingerprint density at radius 1 is 1.19 bits per heavy atom. The average Bonchev–Trinajstić information content (AvgIpc) is 2.76. The van der Waals surface area contributed by atoms with Gasteiger partial charge in [0, 0.05) is 4.88 Å². The predicted molar refractivity (Wildman–Crippen MR) is 82.6 cm³/mol. The van der Waals surface area contributed by atoms with Crippen LogP contribution in [0.2, 0.25) is 0 Å². The monoisotopic (exact) mass is 299 g/mol. The predicted octanol–water partition coefficient (Wildman–Crippen LogP) is 4.40. The lowest BCUT2D eigenvalue weighted by atomic mass is 10.1. The number of hydrogen-bond donors (Lipinski definition) is 1. The lowest BCUT2D eigenvalue weighted by molar-refractivity contribution is 0.0694. The maximum absolute atomic E-state index is 11.4. The lowest BCUT2D eigenvalue weighted by Gasteiger charge is -2.08.